The fourth-order valence-electron chi connectivity index (χ4n) is 4.07. The van der Waals surface area contributed by atoms with Crippen molar-refractivity contribution in [1.29, 1.82) is 0 Å². The number of hydrogen-bond acceptors (Lipinski definition) is 6. The quantitative estimate of drug-likeness (QED) is 0.715. The number of aromatic hydroxyl groups is 1. The van der Waals surface area contributed by atoms with E-state index in [1.165, 1.54) is 25.3 Å². The van der Waals surface area contributed by atoms with Crippen LogP contribution in [0.3, 0.4) is 0 Å². The monoisotopic (exact) mass is 436 g/mol. The lowest BCUT2D eigenvalue weighted by molar-refractivity contribution is -0.136. The van der Waals surface area contributed by atoms with Gasteiger partial charge in [0.15, 0.2) is 11.5 Å². The molecule has 2 aliphatic rings. The molecular weight excluding hydrogens is 412 g/mol. The Morgan fingerprint density at radius 3 is 2.59 bits per heavy atom. The number of nitrogens with zero attached hydrogens (tertiary/aromatic N) is 2. The molecule has 2 aliphatic heterocycles. The Kier molecular flexibility index (Phi) is 5.77. The predicted molar refractivity (Wildman–Crippen MR) is 119 cm³/mol. The highest BCUT2D eigenvalue weighted by molar-refractivity contribution is 6.03. The molecule has 1 atom stereocenters. The maximum absolute atomic E-state index is 13.5. The highest BCUT2D eigenvalue weighted by Gasteiger charge is 2.37. The molecular formula is C24H24N2O6. The molecule has 0 bridgehead atoms. The van der Waals surface area contributed by atoms with Crippen molar-refractivity contribution in [3.8, 4) is 17.2 Å². The van der Waals surface area contributed by atoms with Gasteiger partial charge in [-0.3, -0.25) is 9.59 Å². The van der Waals surface area contributed by atoms with Crippen LogP contribution >= 0.6 is 0 Å². The molecule has 0 spiro atoms. The van der Waals surface area contributed by atoms with E-state index in [4.69, 9.17) is 14.6 Å². The topological polar surface area (TPSA) is 99.5 Å². The van der Waals surface area contributed by atoms with Crippen LogP contribution in [0.25, 0.3) is 5.57 Å². The summed E-state index contributed by atoms with van der Waals surface area (Å²) in [5.41, 5.74) is 2.90. The number of ether oxygens (including phenoxy) is 2. The first-order valence-electron chi connectivity index (χ1n) is 10.1. The third-order valence-electron chi connectivity index (χ3n) is 5.66. The average Bonchev–Trinajstić information content (AvgIpc) is 3.17. The van der Waals surface area contributed by atoms with Gasteiger partial charge in [-0.1, -0.05) is 18.2 Å². The van der Waals surface area contributed by atoms with E-state index in [1.54, 1.807) is 18.2 Å². The summed E-state index contributed by atoms with van der Waals surface area (Å²) in [6, 6.07) is 10.5. The van der Waals surface area contributed by atoms with Gasteiger partial charge in [-0.05, 0) is 35.8 Å². The largest absolute Gasteiger partial charge is 0.504 e. The Bertz CT molecular complexity index is 1110. The zero-order valence-electron chi connectivity index (χ0n) is 17.8. The summed E-state index contributed by atoms with van der Waals surface area (Å²) in [4.78, 5) is 28.0. The number of aliphatic carboxylic acids is 1. The molecule has 0 aromatic heterocycles. The summed E-state index contributed by atoms with van der Waals surface area (Å²) < 4.78 is 10.4. The number of carboxylic acid groups (broad SMARTS) is 1. The highest BCUT2D eigenvalue weighted by atomic mass is 16.5. The summed E-state index contributed by atoms with van der Waals surface area (Å²) in [6.45, 7) is 0.441. The first kappa shape index (κ1) is 21.3. The number of methoxy groups -OCH3 is 2. The molecule has 0 aliphatic carbocycles. The first-order valence-corrected chi connectivity index (χ1v) is 10.1. The molecule has 8 nitrogen and oxygen atoms in total. The SMILES string of the molecule is COc1ccc(C2=CN3C(=O)c4cc(OC)c(O)cc4N(C=CCC(=O)O)C[C@@H]3C2)cc1. The number of anilines is 1. The van der Waals surface area contributed by atoms with E-state index in [2.05, 4.69) is 0 Å². The van der Waals surface area contributed by atoms with Gasteiger partial charge in [0.25, 0.3) is 5.91 Å². The van der Waals surface area contributed by atoms with Crippen LogP contribution in [0.15, 0.2) is 54.9 Å². The van der Waals surface area contributed by atoms with E-state index in [0.29, 0.717) is 24.2 Å². The summed E-state index contributed by atoms with van der Waals surface area (Å²) in [7, 11) is 3.04. The molecule has 0 fully saturated rings. The van der Waals surface area contributed by atoms with Gasteiger partial charge in [-0.25, -0.2) is 0 Å². The zero-order valence-corrected chi connectivity index (χ0v) is 17.8. The summed E-state index contributed by atoms with van der Waals surface area (Å²) >= 11 is 0. The molecule has 0 radical (unpaired) electrons. The lowest BCUT2D eigenvalue weighted by Crippen LogP contribution is -2.36. The second-order valence-electron chi connectivity index (χ2n) is 7.63. The number of benzene rings is 2. The summed E-state index contributed by atoms with van der Waals surface area (Å²) in [6.07, 6.45) is 5.54. The minimum atomic E-state index is -0.948. The van der Waals surface area contributed by atoms with Gasteiger partial charge in [0.05, 0.1) is 37.9 Å². The van der Waals surface area contributed by atoms with Gasteiger partial charge in [0.1, 0.15) is 5.75 Å². The van der Waals surface area contributed by atoms with Gasteiger partial charge in [-0.15, -0.1) is 0 Å². The van der Waals surface area contributed by atoms with Crippen LogP contribution in [0, 0.1) is 0 Å². The van der Waals surface area contributed by atoms with Crippen molar-refractivity contribution in [3.05, 3.63) is 66.0 Å². The van der Waals surface area contributed by atoms with Crippen molar-refractivity contribution in [3.63, 3.8) is 0 Å². The van der Waals surface area contributed by atoms with E-state index < -0.39 is 5.97 Å². The molecule has 2 aromatic carbocycles. The van der Waals surface area contributed by atoms with Crippen LogP contribution in [0.5, 0.6) is 17.2 Å². The minimum Gasteiger partial charge on any atom is -0.504 e. The third kappa shape index (κ3) is 3.99. The van der Waals surface area contributed by atoms with Crippen molar-refractivity contribution in [2.45, 2.75) is 18.9 Å². The molecule has 8 heteroatoms. The molecule has 1 amide bonds. The van der Waals surface area contributed by atoms with Gasteiger partial charge in [-0.2, -0.15) is 0 Å². The lowest BCUT2D eigenvalue weighted by atomic mass is 10.0. The molecule has 0 saturated heterocycles. The minimum absolute atomic E-state index is 0.0905. The van der Waals surface area contributed by atoms with Crippen molar-refractivity contribution in [1.82, 2.24) is 4.90 Å². The highest BCUT2D eigenvalue weighted by Crippen LogP contribution is 2.41. The van der Waals surface area contributed by atoms with E-state index >= 15 is 0 Å². The Balaban J connectivity index is 1.73. The zero-order chi connectivity index (χ0) is 22.8. The molecule has 166 valence electrons. The van der Waals surface area contributed by atoms with Crippen LogP contribution in [0.2, 0.25) is 0 Å². The molecule has 4 rings (SSSR count). The van der Waals surface area contributed by atoms with Crippen LogP contribution in [-0.2, 0) is 4.79 Å². The normalized spacial score (nSPS) is 17.6. The Morgan fingerprint density at radius 1 is 1.19 bits per heavy atom. The number of fused-ring (bicyclic) bond motifs is 2. The maximum Gasteiger partial charge on any atom is 0.307 e. The molecule has 0 saturated carbocycles. The number of phenolic OH excluding ortho intramolecular Hbond substituents is 1. The number of amides is 1. The first-order chi connectivity index (χ1) is 15.4. The maximum atomic E-state index is 13.5. The fraction of sp³-hybridized carbons (Fsp3) is 0.250. The number of carbonyl (C=O) groups excluding carboxylic acids is 1. The van der Waals surface area contributed by atoms with Crippen LogP contribution < -0.4 is 14.4 Å². The standard InChI is InChI=1S/C24H24N2O6/c1-31-18-7-5-15(6-8-18)16-10-17-14-25(9-3-4-23(28)29)20-12-21(27)22(32-2)11-19(20)24(30)26(17)13-16/h3,5-9,11-13,17,27H,4,10,14H2,1-2H3,(H,28,29)/t17-/m0/s1. The number of carboxylic acids is 1. The molecule has 0 unspecified atom stereocenters. The Morgan fingerprint density at radius 2 is 1.94 bits per heavy atom. The number of rotatable bonds is 6. The van der Waals surface area contributed by atoms with Crippen LogP contribution in [0.1, 0.15) is 28.8 Å². The summed E-state index contributed by atoms with van der Waals surface area (Å²) in [5, 5.41) is 19.3. The van der Waals surface area contributed by atoms with Crippen molar-refractivity contribution >= 4 is 23.1 Å². The Hall–Kier alpha value is -3.94. The summed E-state index contributed by atoms with van der Waals surface area (Å²) in [5.74, 6) is -0.291. The lowest BCUT2D eigenvalue weighted by Gasteiger charge is -2.25. The number of phenols is 1. The predicted octanol–water partition coefficient (Wildman–Crippen LogP) is 3.47. The van der Waals surface area contributed by atoms with E-state index in [0.717, 1.165) is 16.9 Å². The van der Waals surface area contributed by atoms with Gasteiger partial charge in [0.2, 0.25) is 0 Å². The second kappa shape index (κ2) is 8.66. The van der Waals surface area contributed by atoms with Crippen molar-refractivity contribution in [2.75, 3.05) is 25.7 Å². The van der Waals surface area contributed by atoms with Gasteiger partial charge < -0.3 is 29.5 Å². The molecule has 2 N–H and O–H groups in total. The van der Waals surface area contributed by atoms with Crippen LogP contribution in [-0.4, -0.2) is 53.8 Å². The van der Waals surface area contributed by atoms with Crippen LogP contribution in [0.4, 0.5) is 5.69 Å². The van der Waals surface area contributed by atoms with E-state index in [1.807, 2.05) is 35.4 Å². The van der Waals surface area contributed by atoms with Crippen molar-refractivity contribution < 1.29 is 29.3 Å². The van der Waals surface area contributed by atoms with E-state index in [9.17, 15) is 14.7 Å². The average molecular weight is 436 g/mol. The van der Waals surface area contributed by atoms with Crippen molar-refractivity contribution in [2.24, 2.45) is 0 Å². The van der Waals surface area contributed by atoms with Gasteiger partial charge in [0, 0.05) is 25.0 Å². The molecule has 32 heavy (non-hydrogen) atoms. The third-order valence-corrected chi connectivity index (χ3v) is 5.66. The fourth-order valence-corrected chi connectivity index (χ4v) is 4.07. The number of hydrogen-bond donors (Lipinski definition) is 2. The van der Waals surface area contributed by atoms with Gasteiger partial charge >= 0.3 is 5.97 Å². The van der Waals surface area contributed by atoms with E-state index in [-0.39, 0.29) is 29.9 Å². The molecule has 2 heterocycles. The smallest absolute Gasteiger partial charge is 0.307 e. The number of carbonyl (C=O) groups is 2. The molecule has 2 aromatic rings. The second-order valence-corrected chi connectivity index (χ2v) is 7.63. The Labute approximate surface area is 185 Å².